The number of hydrogen-bond donors (Lipinski definition) is 1. The summed E-state index contributed by atoms with van der Waals surface area (Å²) in [6, 6.07) is 3.08. The summed E-state index contributed by atoms with van der Waals surface area (Å²) < 4.78 is 5.31. The molecule has 0 spiro atoms. The van der Waals surface area contributed by atoms with Crippen LogP contribution < -0.4 is 5.32 Å². The number of aromatic nitrogens is 2. The molecular formula is C16H14N4O3S2. The van der Waals surface area contributed by atoms with Crippen LogP contribution in [0.1, 0.15) is 23.3 Å². The van der Waals surface area contributed by atoms with Crippen LogP contribution in [0.25, 0.3) is 10.8 Å². The van der Waals surface area contributed by atoms with Crippen molar-refractivity contribution in [2.24, 2.45) is 0 Å². The fraction of sp³-hybridized carbons (Fsp3) is 0.250. The fourth-order valence-electron chi connectivity index (χ4n) is 2.79. The lowest BCUT2D eigenvalue weighted by Gasteiger charge is -2.22. The first kappa shape index (κ1) is 16.0. The van der Waals surface area contributed by atoms with E-state index in [0.717, 1.165) is 6.42 Å². The van der Waals surface area contributed by atoms with Crippen molar-refractivity contribution in [3.05, 3.63) is 41.0 Å². The minimum Gasteiger partial charge on any atom is -0.462 e. The number of nitrogens with one attached hydrogen (secondary N) is 1. The molecule has 4 rings (SSSR count). The Labute approximate surface area is 151 Å². The molecule has 0 aromatic carbocycles. The van der Waals surface area contributed by atoms with E-state index >= 15 is 0 Å². The van der Waals surface area contributed by atoms with E-state index in [1.54, 1.807) is 40.3 Å². The molecular weight excluding hydrogens is 360 g/mol. The quantitative estimate of drug-likeness (QED) is 0.758. The monoisotopic (exact) mass is 374 g/mol. The Hall–Kier alpha value is -2.52. The number of likely N-dealkylation sites (tertiary alicyclic amines) is 1. The molecule has 0 saturated carbocycles. The van der Waals surface area contributed by atoms with Gasteiger partial charge in [0.1, 0.15) is 11.7 Å². The molecule has 128 valence electrons. The Morgan fingerprint density at radius 2 is 2.28 bits per heavy atom. The second-order valence-corrected chi connectivity index (χ2v) is 7.25. The van der Waals surface area contributed by atoms with Crippen molar-refractivity contribution in [2.75, 3.05) is 11.9 Å². The van der Waals surface area contributed by atoms with Gasteiger partial charge in [-0.2, -0.15) is 0 Å². The smallest absolute Gasteiger partial charge is 0.274 e. The van der Waals surface area contributed by atoms with Crippen LogP contribution in [0.5, 0.6) is 0 Å². The minimum atomic E-state index is -0.495. The summed E-state index contributed by atoms with van der Waals surface area (Å²) in [4.78, 5) is 35.3. The third-order valence-electron chi connectivity index (χ3n) is 3.93. The van der Waals surface area contributed by atoms with Gasteiger partial charge in [0.25, 0.3) is 5.91 Å². The summed E-state index contributed by atoms with van der Waals surface area (Å²) in [6.07, 6.45) is 4.62. The maximum atomic E-state index is 12.8. The highest BCUT2D eigenvalue weighted by molar-refractivity contribution is 7.13. The minimum absolute atomic E-state index is 0.206. The van der Waals surface area contributed by atoms with Crippen LogP contribution in [0, 0.1) is 0 Å². The molecule has 7 nitrogen and oxygen atoms in total. The molecule has 3 aromatic heterocycles. The van der Waals surface area contributed by atoms with Crippen molar-refractivity contribution in [3.63, 3.8) is 0 Å². The number of anilines is 1. The Morgan fingerprint density at radius 1 is 1.36 bits per heavy atom. The van der Waals surface area contributed by atoms with Crippen LogP contribution in [-0.2, 0) is 4.79 Å². The van der Waals surface area contributed by atoms with E-state index in [2.05, 4.69) is 15.3 Å². The highest BCUT2D eigenvalue weighted by Gasteiger charge is 2.35. The molecule has 0 bridgehead atoms. The van der Waals surface area contributed by atoms with Crippen LogP contribution in [-0.4, -0.2) is 39.3 Å². The number of carbonyl (C=O) groups is 2. The van der Waals surface area contributed by atoms with Crippen LogP contribution in [0.4, 0.5) is 5.13 Å². The third-order valence-corrected chi connectivity index (χ3v) is 5.48. The maximum Gasteiger partial charge on any atom is 0.274 e. The first-order chi connectivity index (χ1) is 12.2. The Balaban J connectivity index is 1.50. The Kier molecular flexibility index (Phi) is 4.33. The Bertz CT molecular complexity index is 873. The SMILES string of the molecule is O=C(Nc1nccs1)C1CCCN1C(=O)c1csc(-c2ccco2)n1. The molecule has 0 radical (unpaired) electrons. The second kappa shape index (κ2) is 6.77. The first-order valence-corrected chi connectivity index (χ1v) is 9.49. The van der Waals surface area contributed by atoms with Gasteiger partial charge < -0.3 is 14.6 Å². The van der Waals surface area contributed by atoms with Gasteiger partial charge in [0, 0.05) is 23.5 Å². The van der Waals surface area contributed by atoms with Crippen LogP contribution >= 0.6 is 22.7 Å². The standard InChI is InChI=1S/C16H14N4O3S2/c21-13(19-16-17-5-8-24-16)11-3-1-6-20(11)15(22)10-9-25-14(18-10)12-4-2-7-23-12/h2,4-5,7-9,11H,1,3,6H2,(H,17,19,21). The van der Waals surface area contributed by atoms with Gasteiger partial charge in [0.15, 0.2) is 15.9 Å². The van der Waals surface area contributed by atoms with Crippen LogP contribution in [0.3, 0.4) is 0 Å². The molecule has 1 N–H and O–H groups in total. The highest BCUT2D eigenvalue weighted by Crippen LogP contribution is 2.27. The van der Waals surface area contributed by atoms with Gasteiger partial charge in [-0.05, 0) is 25.0 Å². The average molecular weight is 374 g/mol. The largest absolute Gasteiger partial charge is 0.462 e. The fourth-order valence-corrected chi connectivity index (χ4v) is 4.08. The van der Waals surface area contributed by atoms with Crippen molar-refractivity contribution >= 4 is 39.6 Å². The van der Waals surface area contributed by atoms with E-state index in [1.165, 1.54) is 22.7 Å². The van der Waals surface area contributed by atoms with Gasteiger partial charge in [-0.3, -0.25) is 9.59 Å². The molecule has 1 aliphatic rings. The van der Waals surface area contributed by atoms with E-state index < -0.39 is 6.04 Å². The molecule has 1 unspecified atom stereocenters. The highest BCUT2D eigenvalue weighted by atomic mass is 32.1. The van der Waals surface area contributed by atoms with Crippen LogP contribution in [0.2, 0.25) is 0 Å². The third kappa shape index (κ3) is 3.20. The molecule has 4 heterocycles. The van der Waals surface area contributed by atoms with Crippen LogP contribution in [0.15, 0.2) is 39.8 Å². The molecule has 3 aromatic rings. The summed E-state index contributed by atoms with van der Waals surface area (Å²) in [5.41, 5.74) is 0.338. The van der Waals surface area contributed by atoms with E-state index in [1.807, 2.05) is 0 Å². The number of nitrogens with zero attached hydrogens (tertiary/aromatic N) is 3. The van der Waals surface area contributed by atoms with Crippen molar-refractivity contribution in [2.45, 2.75) is 18.9 Å². The topological polar surface area (TPSA) is 88.3 Å². The summed E-state index contributed by atoms with van der Waals surface area (Å²) in [5, 5.41) is 7.45. The van der Waals surface area contributed by atoms with Crippen molar-refractivity contribution in [1.82, 2.24) is 14.9 Å². The number of hydrogen-bond acceptors (Lipinski definition) is 7. The average Bonchev–Trinajstić information content (AvgIpc) is 3.41. The molecule has 1 saturated heterocycles. The van der Waals surface area contributed by atoms with Gasteiger partial charge in [-0.25, -0.2) is 9.97 Å². The molecule has 1 aliphatic heterocycles. The summed E-state index contributed by atoms with van der Waals surface area (Å²) >= 11 is 2.70. The van der Waals surface area contributed by atoms with Gasteiger partial charge in [-0.15, -0.1) is 22.7 Å². The molecule has 2 amide bonds. The van der Waals surface area contributed by atoms with E-state index in [0.29, 0.717) is 34.6 Å². The zero-order valence-corrected chi connectivity index (χ0v) is 14.7. The summed E-state index contributed by atoms with van der Waals surface area (Å²) in [7, 11) is 0. The Morgan fingerprint density at radius 3 is 3.04 bits per heavy atom. The molecule has 9 heteroatoms. The zero-order valence-electron chi connectivity index (χ0n) is 13.0. The van der Waals surface area contributed by atoms with Crippen molar-refractivity contribution in [3.8, 4) is 10.8 Å². The van der Waals surface area contributed by atoms with Gasteiger partial charge in [-0.1, -0.05) is 0 Å². The predicted molar refractivity (Wildman–Crippen MR) is 94.6 cm³/mol. The summed E-state index contributed by atoms with van der Waals surface area (Å²) in [5.74, 6) is 0.191. The number of carbonyl (C=O) groups excluding carboxylic acids is 2. The van der Waals surface area contributed by atoms with Crippen molar-refractivity contribution < 1.29 is 14.0 Å². The maximum absolute atomic E-state index is 12.8. The van der Waals surface area contributed by atoms with Crippen molar-refractivity contribution in [1.29, 1.82) is 0 Å². The summed E-state index contributed by atoms with van der Waals surface area (Å²) in [6.45, 7) is 0.544. The number of rotatable bonds is 4. The molecule has 1 atom stereocenters. The first-order valence-electron chi connectivity index (χ1n) is 7.73. The second-order valence-electron chi connectivity index (χ2n) is 5.50. The van der Waals surface area contributed by atoms with E-state index in [9.17, 15) is 9.59 Å². The number of thiazole rings is 2. The molecule has 0 aliphatic carbocycles. The molecule has 25 heavy (non-hydrogen) atoms. The lowest BCUT2D eigenvalue weighted by atomic mass is 10.2. The number of furan rings is 1. The lowest BCUT2D eigenvalue weighted by Crippen LogP contribution is -2.43. The van der Waals surface area contributed by atoms with E-state index in [-0.39, 0.29) is 11.8 Å². The predicted octanol–water partition coefficient (Wildman–Crippen LogP) is 3.10. The number of amides is 2. The lowest BCUT2D eigenvalue weighted by molar-refractivity contribution is -0.119. The molecule has 1 fully saturated rings. The van der Waals surface area contributed by atoms with Gasteiger partial charge in [0.05, 0.1) is 6.26 Å². The normalized spacial score (nSPS) is 17.0. The van der Waals surface area contributed by atoms with Gasteiger partial charge in [0.2, 0.25) is 5.91 Å². The van der Waals surface area contributed by atoms with Gasteiger partial charge >= 0.3 is 0 Å². The zero-order chi connectivity index (χ0) is 17.2. The van der Waals surface area contributed by atoms with E-state index in [4.69, 9.17) is 4.42 Å².